The molecule has 0 atom stereocenters. The van der Waals surface area contributed by atoms with Crippen LogP contribution in [-0.2, 0) is 0 Å². The summed E-state index contributed by atoms with van der Waals surface area (Å²) >= 11 is 0. The van der Waals surface area contributed by atoms with Gasteiger partial charge in [-0.2, -0.15) is 0 Å². The van der Waals surface area contributed by atoms with Crippen LogP contribution in [0.2, 0.25) is 0 Å². The quantitative estimate of drug-likeness (QED) is 0.622. The number of fused-ring (bicyclic) bond motifs is 1. The molecule has 1 heterocycles. The second-order valence-electron chi connectivity index (χ2n) is 4.53. The lowest BCUT2D eigenvalue weighted by atomic mass is 10.1. The van der Waals surface area contributed by atoms with Crippen molar-refractivity contribution in [2.45, 2.75) is 0 Å². The highest BCUT2D eigenvalue weighted by Crippen LogP contribution is 2.29. The maximum atomic E-state index is 12.3. The van der Waals surface area contributed by atoms with Gasteiger partial charge in [0.05, 0.1) is 15.8 Å². The first-order chi connectivity index (χ1) is 10.9. The molecule has 1 aromatic carbocycles. The molecule has 0 spiro atoms. The second kappa shape index (κ2) is 6.26. The molecule has 0 bridgehead atoms. The van der Waals surface area contributed by atoms with Gasteiger partial charge in [-0.25, -0.2) is 9.18 Å². The van der Waals surface area contributed by atoms with E-state index < -0.39 is 34.2 Å². The number of nitro groups is 1. The number of pyridine rings is 1. The predicted octanol–water partition coefficient (Wildman–Crippen LogP) is 2.09. The van der Waals surface area contributed by atoms with E-state index in [2.05, 4.69) is 11.9 Å². The molecule has 8 nitrogen and oxygen atoms in total. The Balaban J connectivity index is 2.88. The molecule has 2 aromatic rings. The van der Waals surface area contributed by atoms with Crippen molar-refractivity contribution in [3.63, 3.8) is 0 Å². The molecule has 0 aliphatic heterocycles. The number of hydrogen-bond acceptors (Lipinski definition) is 5. The Bertz CT molecular complexity index is 875. The average Bonchev–Trinajstić information content (AvgIpc) is 2.52. The van der Waals surface area contributed by atoms with Crippen molar-refractivity contribution in [3.05, 3.63) is 50.8 Å². The van der Waals surface area contributed by atoms with Gasteiger partial charge in [0, 0.05) is 25.0 Å². The molecular formula is C14H12FN3O5. The van der Waals surface area contributed by atoms with Crippen LogP contribution < -0.4 is 10.7 Å². The molecule has 120 valence electrons. The van der Waals surface area contributed by atoms with Crippen molar-refractivity contribution in [2.24, 2.45) is 0 Å². The highest BCUT2D eigenvalue weighted by Gasteiger charge is 2.20. The van der Waals surface area contributed by atoms with E-state index >= 15 is 0 Å². The topological polar surface area (TPSA) is 114 Å². The highest BCUT2D eigenvalue weighted by molar-refractivity contribution is 5.95. The fourth-order valence-corrected chi connectivity index (χ4v) is 2.16. The van der Waals surface area contributed by atoms with Crippen molar-refractivity contribution in [2.75, 3.05) is 18.5 Å². The van der Waals surface area contributed by atoms with Crippen molar-refractivity contribution in [3.8, 4) is 0 Å². The number of hydrogen-bond donors (Lipinski definition) is 2. The maximum absolute atomic E-state index is 12.3. The number of benzene rings is 1. The van der Waals surface area contributed by atoms with Gasteiger partial charge < -0.3 is 15.0 Å². The number of alkyl halides is 1. The molecule has 0 radical (unpaired) electrons. The summed E-state index contributed by atoms with van der Waals surface area (Å²) in [6, 6.07) is 2.27. The van der Waals surface area contributed by atoms with Crippen LogP contribution in [0.1, 0.15) is 10.4 Å². The Morgan fingerprint density at radius 3 is 2.74 bits per heavy atom. The summed E-state index contributed by atoms with van der Waals surface area (Å²) in [5.41, 5.74) is -1.57. The average molecular weight is 321 g/mol. The molecule has 0 fully saturated rings. The van der Waals surface area contributed by atoms with E-state index in [1.807, 2.05) is 0 Å². The van der Waals surface area contributed by atoms with Gasteiger partial charge in [0.15, 0.2) is 0 Å². The zero-order valence-corrected chi connectivity index (χ0v) is 11.8. The summed E-state index contributed by atoms with van der Waals surface area (Å²) in [6.45, 7) is 2.64. The SMILES string of the molecule is C=Cn1cc(C(=O)O)c(=O)c2cc([N+](=O)[O-])c(NCCF)cc21. The van der Waals surface area contributed by atoms with Gasteiger partial charge in [0.25, 0.3) is 5.69 Å². The third-order valence-electron chi connectivity index (χ3n) is 3.18. The molecule has 0 aliphatic carbocycles. The van der Waals surface area contributed by atoms with E-state index in [0.29, 0.717) is 0 Å². The highest BCUT2D eigenvalue weighted by atomic mass is 19.1. The number of carboxylic acids is 1. The third kappa shape index (κ3) is 2.89. The first-order valence-electron chi connectivity index (χ1n) is 6.43. The number of aromatic nitrogens is 1. The number of nitro benzene ring substituents is 1. The predicted molar refractivity (Wildman–Crippen MR) is 82.7 cm³/mol. The fourth-order valence-electron chi connectivity index (χ4n) is 2.16. The Labute approximate surface area is 128 Å². The molecule has 0 unspecified atom stereocenters. The molecular weight excluding hydrogens is 309 g/mol. The van der Waals surface area contributed by atoms with E-state index in [1.54, 1.807) is 0 Å². The number of carbonyl (C=O) groups is 1. The van der Waals surface area contributed by atoms with E-state index in [-0.39, 0.29) is 23.1 Å². The lowest BCUT2D eigenvalue weighted by Gasteiger charge is -2.11. The van der Waals surface area contributed by atoms with Gasteiger partial charge in [-0.3, -0.25) is 14.9 Å². The van der Waals surface area contributed by atoms with Gasteiger partial charge >= 0.3 is 5.97 Å². The first kappa shape index (κ1) is 16.1. The van der Waals surface area contributed by atoms with Crippen LogP contribution in [0.4, 0.5) is 15.8 Å². The lowest BCUT2D eigenvalue weighted by Crippen LogP contribution is -2.18. The van der Waals surface area contributed by atoms with E-state index in [4.69, 9.17) is 5.11 Å². The molecule has 0 amide bonds. The summed E-state index contributed by atoms with van der Waals surface area (Å²) in [5, 5.41) is 22.6. The number of rotatable bonds is 6. The Morgan fingerprint density at radius 2 is 2.22 bits per heavy atom. The maximum Gasteiger partial charge on any atom is 0.341 e. The van der Waals surface area contributed by atoms with Crippen molar-refractivity contribution in [1.82, 2.24) is 4.57 Å². The molecule has 1 aromatic heterocycles. The summed E-state index contributed by atoms with van der Waals surface area (Å²) < 4.78 is 13.6. The van der Waals surface area contributed by atoms with Crippen molar-refractivity contribution in [1.29, 1.82) is 0 Å². The Kier molecular flexibility index (Phi) is 4.39. The standard InChI is InChI=1S/C14H12FN3O5/c1-2-17-7-9(14(20)21)13(19)8-5-12(18(22)23)10(6-11(8)17)16-4-3-15/h2,5-7,16H,1,3-4H2,(H,20,21). The molecule has 0 saturated heterocycles. The summed E-state index contributed by atoms with van der Waals surface area (Å²) in [6.07, 6.45) is 2.34. The van der Waals surface area contributed by atoms with Crippen LogP contribution in [0.3, 0.4) is 0 Å². The number of carboxylic acid groups (broad SMARTS) is 1. The smallest absolute Gasteiger partial charge is 0.341 e. The summed E-state index contributed by atoms with van der Waals surface area (Å²) in [7, 11) is 0. The lowest BCUT2D eigenvalue weighted by molar-refractivity contribution is -0.383. The largest absolute Gasteiger partial charge is 0.477 e. The normalized spacial score (nSPS) is 10.5. The van der Waals surface area contributed by atoms with Crippen LogP contribution in [0.5, 0.6) is 0 Å². The number of halogens is 1. The zero-order chi connectivity index (χ0) is 17.1. The number of aromatic carboxylic acids is 1. The molecule has 0 aliphatic rings. The first-order valence-corrected chi connectivity index (χ1v) is 6.43. The van der Waals surface area contributed by atoms with Gasteiger partial charge in [0.2, 0.25) is 5.43 Å². The molecule has 0 saturated carbocycles. The second-order valence-corrected chi connectivity index (χ2v) is 4.53. The van der Waals surface area contributed by atoms with Crippen molar-refractivity contribution >= 4 is 34.4 Å². The minimum Gasteiger partial charge on any atom is -0.477 e. The Hall–Kier alpha value is -3.23. The fraction of sp³-hybridized carbons (Fsp3) is 0.143. The van der Waals surface area contributed by atoms with Crippen LogP contribution in [0, 0.1) is 10.1 Å². The van der Waals surface area contributed by atoms with Gasteiger partial charge in [-0.1, -0.05) is 6.58 Å². The van der Waals surface area contributed by atoms with Crippen LogP contribution in [-0.4, -0.2) is 33.8 Å². The minimum atomic E-state index is -1.45. The minimum absolute atomic E-state index is 0.0261. The molecule has 23 heavy (non-hydrogen) atoms. The third-order valence-corrected chi connectivity index (χ3v) is 3.18. The molecule has 9 heteroatoms. The molecule has 2 rings (SSSR count). The number of nitrogens with zero attached hydrogens (tertiary/aromatic N) is 2. The van der Waals surface area contributed by atoms with Crippen LogP contribution >= 0.6 is 0 Å². The number of anilines is 1. The van der Waals surface area contributed by atoms with E-state index in [9.17, 15) is 24.1 Å². The van der Waals surface area contributed by atoms with Gasteiger partial charge in [-0.05, 0) is 6.07 Å². The van der Waals surface area contributed by atoms with Gasteiger partial charge in [0.1, 0.15) is 17.9 Å². The zero-order valence-electron chi connectivity index (χ0n) is 11.8. The number of nitrogens with one attached hydrogen (secondary N) is 1. The van der Waals surface area contributed by atoms with E-state index in [1.165, 1.54) is 16.8 Å². The van der Waals surface area contributed by atoms with Crippen LogP contribution in [0.15, 0.2) is 29.7 Å². The monoisotopic (exact) mass is 321 g/mol. The Morgan fingerprint density at radius 1 is 1.52 bits per heavy atom. The van der Waals surface area contributed by atoms with E-state index in [0.717, 1.165) is 12.3 Å². The van der Waals surface area contributed by atoms with Crippen molar-refractivity contribution < 1.29 is 19.2 Å². The summed E-state index contributed by atoms with van der Waals surface area (Å²) in [5.74, 6) is -1.45. The van der Waals surface area contributed by atoms with Gasteiger partial charge in [-0.15, -0.1) is 0 Å². The summed E-state index contributed by atoms with van der Waals surface area (Å²) in [4.78, 5) is 33.7. The molecule has 2 N–H and O–H groups in total. The van der Waals surface area contributed by atoms with Crippen LogP contribution in [0.25, 0.3) is 17.1 Å².